The van der Waals surface area contributed by atoms with Crippen molar-refractivity contribution in [2.24, 2.45) is 0 Å². The summed E-state index contributed by atoms with van der Waals surface area (Å²) in [7, 11) is 0. The molecule has 0 radical (unpaired) electrons. The second-order valence-electron chi connectivity index (χ2n) is 3.79. The Kier molecular flexibility index (Phi) is 2.81. The molecule has 1 saturated heterocycles. The monoisotopic (exact) mass is 250 g/mol. The Morgan fingerprint density at radius 3 is 2.56 bits per heavy atom. The number of carbonyl (C=O) groups excluding carboxylic acids is 2. The summed E-state index contributed by atoms with van der Waals surface area (Å²) >= 11 is 0. The summed E-state index contributed by atoms with van der Waals surface area (Å²) in [6.45, 7) is -0.0862. The highest BCUT2D eigenvalue weighted by molar-refractivity contribution is 5.95. The molecule has 0 spiro atoms. The van der Waals surface area contributed by atoms with Crippen LogP contribution in [0.2, 0.25) is 0 Å². The Hall–Kier alpha value is -2.69. The van der Waals surface area contributed by atoms with Crippen molar-refractivity contribution in [2.45, 2.75) is 12.6 Å². The molecule has 1 aliphatic heterocycles. The number of aromatic hydroxyl groups is 2. The highest BCUT2D eigenvalue weighted by Crippen LogP contribution is 2.20. The summed E-state index contributed by atoms with van der Waals surface area (Å²) in [5.41, 5.74) is 0. The molecule has 3 amide bonds. The second kappa shape index (κ2) is 4.29. The van der Waals surface area contributed by atoms with Gasteiger partial charge in [-0.15, -0.1) is 0 Å². The van der Waals surface area contributed by atoms with Crippen molar-refractivity contribution in [3.63, 3.8) is 0 Å². The number of carbonyl (C=O) groups is 2. The Labute approximate surface area is 102 Å². The quantitative estimate of drug-likeness (QED) is 0.602. The van der Waals surface area contributed by atoms with E-state index in [0.717, 1.165) is 4.57 Å². The highest BCUT2D eigenvalue weighted by atomic mass is 16.3. The Morgan fingerprint density at radius 2 is 2.06 bits per heavy atom. The third kappa shape index (κ3) is 2.20. The van der Waals surface area contributed by atoms with E-state index in [4.69, 9.17) is 5.26 Å². The molecule has 0 saturated carbocycles. The predicted octanol–water partition coefficient (Wildman–Crippen LogP) is -0.657. The Bertz CT molecular complexity index is 525. The van der Waals surface area contributed by atoms with Crippen LogP contribution < -0.4 is 5.32 Å². The van der Waals surface area contributed by atoms with Crippen LogP contribution in [0.5, 0.6) is 11.8 Å². The van der Waals surface area contributed by atoms with Crippen LogP contribution in [0.1, 0.15) is 0 Å². The molecule has 1 aliphatic rings. The molecule has 1 aromatic rings. The molecule has 0 aliphatic carbocycles. The molecule has 1 aromatic heterocycles. The van der Waals surface area contributed by atoms with Crippen LogP contribution >= 0.6 is 0 Å². The zero-order valence-electron chi connectivity index (χ0n) is 9.20. The first kappa shape index (κ1) is 11.8. The molecule has 94 valence electrons. The molecule has 3 N–H and O–H groups in total. The van der Waals surface area contributed by atoms with Crippen molar-refractivity contribution < 1.29 is 19.8 Å². The summed E-state index contributed by atoms with van der Waals surface area (Å²) in [5.74, 6) is -1.25. The van der Waals surface area contributed by atoms with E-state index in [1.54, 1.807) is 0 Å². The summed E-state index contributed by atoms with van der Waals surface area (Å²) in [4.78, 5) is 24.0. The second-order valence-corrected chi connectivity index (χ2v) is 3.79. The molecular formula is C10H10N4O4. The molecule has 2 rings (SSSR count). The van der Waals surface area contributed by atoms with Crippen LogP contribution in [0.25, 0.3) is 0 Å². The maximum atomic E-state index is 11.5. The lowest BCUT2D eigenvalue weighted by Crippen LogP contribution is -2.36. The number of hydrogen-bond acceptors (Lipinski definition) is 5. The fourth-order valence-corrected chi connectivity index (χ4v) is 1.46. The molecule has 8 nitrogen and oxygen atoms in total. The zero-order valence-corrected chi connectivity index (χ0v) is 9.20. The van der Waals surface area contributed by atoms with Crippen LogP contribution in [-0.2, 0) is 11.3 Å². The van der Waals surface area contributed by atoms with Crippen molar-refractivity contribution >= 4 is 11.9 Å². The molecule has 1 fully saturated rings. The fraction of sp³-hybridized carbons (Fsp3) is 0.300. The molecule has 18 heavy (non-hydrogen) atoms. The molecule has 2 heterocycles. The number of nitriles is 1. The SMILES string of the molecule is N#CC1CN1C(=O)NC(=O)Cn1c(O)ccc1O. The van der Waals surface area contributed by atoms with Crippen LogP contribution in [0.15, 0.2) is 12.1 Å². The number of imide groups is 1. The number of amides is 3. The molecule has 1 atom stereocenters. The van der Waals surface area contributed by atoms with Gasteiger partial charge in [0.15, 0.2) is 11.8 Å². The minimum atomic E-state index is -0.689. The third-order valence-electron chi connectivity index (χ3n) is 2.50. The summed E-state index contributed by atoms with van der Waals surface area (Å²) in [5, 5.41) is 29.2. The minimum Gasteiger partial charge on any atom is -0.494 e. The van der Waals surface area contributed by atoms with Gasteiger partial charge >= 0.3 is 6.03 Å². The lowest BCUT2D eigenvalue weighted by atomic mass is 10.5. The average molecular weight is 250 g/mol. The highest BCUT2D eigenvalue weighted by Gasteiger charge is 2.39. The minimum absolute atomic E-state index is 0.281. The third-order valence-corrected chi connectivity index (χ3v) is 2.50. The van der Waals surface area contributed by atoms with Crippen molar-refractivity contribution in [3.8, 4) is 17.8 Å². The average Bonchev–Trinajstić information content (AvgIpc) is 3.06. The molecule has 1 unspecified atom stereocenters. The van der Waals surface area contributed by atoms with Gasteiger partial charge in [0.1, 0.15) is 12.6 Å². The fourth-order valence-electron chi connectivity index (χ4n) is 1.46. The van der Waals surface area contributed by atoms with Gasteiger partial charge < -0.3 is 15.1 Å². The van der Waals surface area contributed by atoms with Crippen LogP contribution in [0.3, 0.4) is 0 Å². The van der Waals surface area contributed by atoms with E-state index < -0.39 is 18.0 Å². The first-order chi connectivity index (χ1) is 8.52. The molecular weight excluding hydrogens is 240 g/mol. The number of hydrogen-bond donors (Lipinski definition) is 3. The van der Waals surface area contributed by atoms with Gasteiger partial charge in [-0.2, -0.15) is 5.26 Å². The van der Waals surface area contributed by atoms with Gasteiger partial charge in [-0.25, -0.2) is 4.79 Å². The van der Waals surface area contributed by atoms with Gasteiger partial charge in [0.25, 0.3) is 0 Å². The van der Waals surface area contributed by atoms with E-state index in [1.807, 2.05) is 6.07 Å². The summed E-state index contributed by atoms with van der Waals surface area (Å²) in [6.07, 6.45) is 0. The van der Waals surface area contributed by atoms with Crippen LogP contribution in [0, 0.1) is 11.3 Å². The number of rotatable bonds is 2. The molecule has 0 bridgehead atoms. The topological polar surface area (TPSA) is 118 Å². The number of nitrogens with one attached hydrogen (secondary N) is 1. The van der Waals surface area contributed by atoms with Crippen molar-refractivity contribution in [3.05, 3.63) is 12.1 Å². The first-order valence-electron chi connectivity index (χ1n) is 5.10. The van der Waals surface area contributed by atoms with E-state index >= 15 is 0 Å². The van der Waals surface area contributed by atoms with Gasteiger partial charge in [-0.05, 0) is 0 Å². The first-order valence-corrected chi connectivity index (χ1v) is 5.10. The zero-order chi connectivity index (χ0) is 13.3. The Balaban J connectivity index is 1.90. The molecule has 0 aromatic carbocycles. The van der Waals surface area contributed by atoms with E-state index in [9.17, 15) is 19.8 Å². The Morgan fingerprint density at radius 1 is 1.44 bits per heavy atom. The van der Waals surface area contributed by atoms with Crippen LogP contribution in [-0.4, -0.2) is 44.2 Å². The maximum Gasteiger partial charge on any atom is 0.325 e. The van der Waals surface area contributed by atoms with Crippen molar-refractivity contribution in [1.29, 1.82) is 5.26 Å². The number of urea groups is 1. The smallest absolute Gasteiger partial charge is 0.325 e. The lowest BCUT2D eigenvalue weighted by Gasteiger charge is -2.07. The summed E-state index contributed by atoms with van der Waals surface area (Å²) in [6, 6.07) is 3.19. The van der Waals surface area contributed by atoms with E-state index in [0.29, 0.717) is 6.54 Å². The van der Waals surface area contributed by atoms with E-state index in [2.05, 4.69) is 5.32 Å². The van der Waals surface area contributed by atoms with Gasteiger partial charge in [0, 0.05) is 12.1 Å². The largest absolute Gasteiger partial charge is 0.494 e. The van der Waals surface area contributed by atoms with Crippen molar-refractivity contribution in [2.75, 3.05) is 6.54 Å². The number of aromatic nitrogens is 1. The summed E-state index contributed by atoms with van der Waals surface area (Å²) < 4.78 is 0.937. The van der Waals surface area contributed by atoms with Gasteiger partial charge in [-0.1, -0.05) is 0 Å². The number of nitrogens with zero attached hydrogens (tertiary/aromatic N) is 3. The van der Waals surface area contributed by atoms with Gasteiger partial charge in [-0.3, -0.25) is 14.7 Å². The van der Waals surface area contributed by atoms with E-state index in [-0.39, 0.29) is 18.3 Å². The standard InChI is InChI=1S/C10H10N4O4/c11-3-6-4-13(6)10(18)12-7(15)5-14-8(16)1-2-9(14)17/h1-2,6,16-17H,4-5H2,(H,12,15,18). The lowest BCUT2D eigenvalue weighted by molar-refractivity contribution is -0.120. The van der Waals surface area contributed by atoms with Crippen LogP contribution in [0.4, 0.5) is 4.79 Å². The van der Waals surface area contributed by atoms with Crippen molar-refractivity contribution in [1.82, 2.24) is 14.8 Å². The van der Waals surface area contributed by atoms with Gasteiger partial charge in [0.05, 0.1) is 12.6 Å². The van der Waals surface area contributed by atoms with Gasteiger partial charge in [0.2, 0.25) is 5.91 Å². The van der Waals surface area contributed by atoms with E-state index in [1.165, 1.54) is 17.0 Å². The predicted molar refractivity (Wildman–Crippen MR) is 57.4 cm³/mol. The normalized spacial score (nSPS) is 17.1. The maximum absolute atomic E-state index is 11.5. The molecule has 8 heteroatoms.